The zero-order chi connectivity index (χ0) is 21.6. The molecular formula is C18H20O10S2. The Morgan fingerprint density at radius 3 is 1.57 bits per heavy atom. The monoisotopic (exact) mass is 464 g/mol. The van der Waals surface area contributed by atoms with Gasteiger partial charge in [-0.3, -0.25) is 9.11 Å². The maximum Gasteiger partial charge on any atom is 0.397 e. The SMILES string of the molecule is O=S(=O)(O)OCCC12C=CC=CC1(CCOS(=O)(=O)O)C1[18O][18O]C2c2ccccc21. The van der Waals surface area contributed by atoms with Gasteiger partial charge in [-0.25, -0.2) is 18.1 Å². The molecular weight excluding hydrogens is 444 g/mol. The van der Waals surface area contributed by atoms with Gasteiger partial charge in [0.1, 0.15) is 12.2 Å². The van der Waals surface area contributed by atoms with E-state index in [4.69, 9.17) is 18.9 Å². The Morgan fingerprint density at radius 1 is 0.800 bits per heavy atom. The molecule has 0 aromatic heterocycles. The minimum absolute atomic E-state index is 0.109. The minimum Gasteiger partial charge on any atom is -0.264 e. The van der Waals surface area contributed by atoms with Gasteiger partial charge in [0.15, 0.2) is 0 Å². The second-order valence-corrected chi connectivity index (χ2v) is 9.56. The molecule has 4 unspecified atom stereocenters. The van der Waals surface area contributed by atoms with Gasteiger partial charge in [0.25, 0.3) is 0 Å². The average molecular weight is 464 g/mol. The highest BCUT2D eigenvalue weighted by Crippen LogP contribution is 2.70. The zero-order valence-corrected chi connectivity index (χ0v) is 17.2. The summed E-state index contributed by atoms with van der Waals surface area (Å²) >= 11 is 0. The number of fused-ring (bicyclic) bond motifs is 1. The third kappa shape index (κ3) is 3.63. The number of hydrogen-bond acceptors (Lipinski definition) is 8. The van der Waals surface area contributed by atoms with Crippen molar-refractivity contribution < 1.29 is 44.1 Å². The fourth-order valence-corrected chi connectivity index (χ4v) is 5.47. The Labute approximate surface area is 173 Å². The van der Waals surface area contributed by atoms with Gasteiger partial charge in [-0.05, 0) is 24.0 Å². The molecule has 2 heterocycles. The van der Waals surface area contributed by atoms with E-state index >= 15 is 0 Å². The quantitative estimate of drug-likeness (QED) is 0.334. The molecule has 2 aliphatic carbocycles. The Kier molecular flexibility index (Phi) is 5.39. The molecule has 0 amide bonds. The van der Waals surface area contributed by atoms with Gasteiger partial charge in [-0.2, -0.15) is 16.8 Å². The highest BCUT2D eigenvalue weighted by atomic mass is 32.3. The van der Waals surface area contributed by atoms with E-state index < -0.39 is 43.8 Å². The van der Waals surface area contributed by atoms with E-state index in [1.807, 2.05) is 36.4 Å². The molecule has 1 fully saturated rings. The van der Waals surface area contributed by atoms with Crippen molar-refractivity contribution in [1.82, 2.24) is 0 Å². The maximum absolute atomic E-state index is 11.1. The maximum atomic E-state index is 11.1. The van der Waals surface area contributed by atoms with Crippen LogP contribution < -0.4 is 0 Å². The van der Waals surface area contributed by atoms with Crippen molar-refractivity contribution in [3.05, 3.63) is 59.7 Å². The highest BCUT2D eigenvalue weighted by Gasteiger charge is 2.66. The van der Waals surface area contributed by atoms with Crippen LogP contribution in [0.3, 0.4) is 0 Å². The summed E-state index contributed by atoms with van der Waals surface area (Å²) in [5.41, 5.74) is -0.0859. The molecule has 1 aromatic carbocycles. The molecule has 0 spiro atoms. The molecule has 30 heavy (non-hydrogen) atoms. The average Bonchev–Trinajstić information content (AvgIpc) is 2.66. The van der Waals surface area contributed by atoms with Crippen LogP contribution in [0.4, 0.5) is 0 Å². The lowest BCUT2D eigenvalue weighted by molar-refractivity contribution is -0.447. The molecule has 2 aliphatic heterocycles. The predicted molar refractivity (Wildman–Crippen MR) is 101 cm³/mol. The first kappa shape index (κ1) is 21.6. The summed E-state index contributed by atoms with van der Waals surface area (Å²) in [6, 6.07) is 7.45. The molecule has 4 aliphatic rings. The van der Waals surface area contributed by atoms with Crippen LogP contribution in [0.5, 0.6) is 0 Å². The van der Waals surface area contributed by atoms with Gasteiger partial charge < -0.3 is 0 Å². The van der Waals surface area contributed by atoms with Gasteiger partial charge in [-0.15, -0.1) is 0 Å². The molecule has 4 atom stereocenters. The predicted octanol–water partition coefficient (Wildman–Crippen LogP) is 2.26. The minimum atomic E-state index is -4.65. The third-order valence-electron chi connectivity index (χ3n) is 6.01. The van der Waals surface area contributed by atoms with Crippen LogP contribution in [0.1, 0.15) is 36.2 Å². The first-order valence-corrected chi connectivity index (χ1v) is 11.8. The molecule has 164 valence electrons. The Morgan fingerprint density at radius 2 is 1.20 bits per heavy atom. The largest absolute Gasteiger partial charge is 0.397 e. The van der Waals surface area contributed by atoms with Crippen LogP contribution in [0.15, 0.2) is 48.6 Å². The van der Waals surface area contributed by atoms with E-state index in [0.717, 1.165) is 11.1 Å². The summed E-state index contributed by atoms with van der Waals surface area (Å²) in [5.74, 6) is 0. The zero-order valence-electron chi connectivity index (χ0n) is 15.6. The lowest BCUT2D eigenvalue weighted by Gasteiger charge is -2.62. The molecule has 12 heteroatoms. The van der Waals surface area contributed by atoms with E-state index in [-0.39, 0.29) is 26.1 Å². The highest BCUT2D eigenvalue weighted by molar-refractivity contribution is 7.81. The Bertz CT molecular complexity index is 1010. The second kappa shape index (κ2) is 7.50. The van der Waals surface area contributed by atoms with Crippen LogP contribution in [0.25, 0.3) is 0 Å². The first-order valence-electron chi connectivity index (χ1n) is 9.10. The smallest absolute Gasteiger partial charge is 0.264 e. The van der Waals surface area contributed by atoms with E-state index in [2.05, 4.69) is 8.37 Å². The molecule has 2 bridgehead atoms. The van der Waals surface area contributed by atoms with Gasteiger partial charge in [-0.1, -0.05) is 48.6 Å². The Balaban J connectivity index is 1.78. The van der Waals surface area contributed by atoms with Crippen LogP contribution in [-0.4, -0.2) is 39.2 Å². The summed E-state index contributed by atoms with van der Waals surface area (Å²) in [6.45, 7) is -0.681. The van der Waals surface area contributed by atoms with Gasteiger partial charge >= 0.3 is 20.8 Å². The van der Waals surface area contributed by atoms with Crippen molar-refractivity contribution in [3.8, 4) is 0 Å². The van der Waals surface area contributed by atoms with Crippen molar-refractivity contribution in [1.29, 1.82) is 0 Å². The van der Waals surface area contributed by atoms with E-state index in [1.54, 1.807) is 12.2 Å². The number of allylic oxidation sites excluding steroid dienone is 2. The first-order chi connectivity index (χ1) is 14.1. The van der Waals surface area contributed by atoms with Crippen LogP contribution in [-0.2, 0) is 38.9 Å². The standard InChI is InChI=1S/C18H20O10S2/c19-29(20,21)25-11-9-17-7-3-4-8-18(17,10-12-26-30(22,23)24)16-14-6-2-1-5-13(14)15(17)27-28-16/h1-8,15-16H,9-12H2,(H,19,20,21)(H,22,23,24)/i27+2,28+2. The number of benzene rings is 1. The van der Waals surface area contributed by atoms with Crippen molar-refractivity contribution in [3.63, 3.8) is 0 Å². The van der Waals surface area contributed by atoms with Crippen molar-refractivity contribution in [2.75, 3.05) is 13.2 Å². The van der Waals surface area contributed by atoms with E-state index in [9.17, 15) is 16.8 Å². The van der Waals surface area contributed by atoms with Crippen LogP contribution in [0.2, 0.25) is 0 Å². The lowest BCUT2D eigenvalue weighted by Crippen LogP contribution is -2.57. The molecule has 5 rings (SSSR count). The summed E-state index contributed by atoms with van der Waals surface area (Å²) < 4.78 is 71.4. The molecule has 2 N–H and O–H groups in total. The summed E-state index contributed by atoms with van der Waals surface area (Å²) in [7, 11) is -9.29. The van der Waals surface area contributed by atoms with Crippen LogP contribution in [0, 0.1) is 10.8 Å². The fourth-order valence-electron chi connectivity index (χ4n) is 4.88. The summed E-state index contributed by atoms with van der Waals surface area (Å²) in [5, 5.41) is 0. The van der Waals surface area contributed by atoms with Crippen molar-refractivity contribution >= 4 is 20.8 Å². The van der Waals surface area contributed by atoms with Crippen molar-refractivity contribution in [2.24, 2.45) is 10.8 Å². The van der Waals surface area contributed by atoms with Gasteiger partial charge in [0.2, 0.25) is 0 Å². The van der Waals surface area contributed by atoms with Crippen molar-refractivity contribution in [2.45, 2.75) is 25.0 Å². The van der Waals surface area contributed by atoms with E-state index in [1.165, 1.54) is 0 Å². The normalized spacial score (nSPS) is 32.1. The topological polar surface area (TPSA) is 146 Å². The molecule has 0 radical (unpaired) electrons. The second-order valence-electron chi connectivity index (χ2n) is 7.38. The van der Waals surface area contributed by atoms with E-state index in [0.29, 0.717) is 0 Å². The Hall–Kier alpha value is -1.64. The summed E-state index contributed by atoms with van der Waals surface area (Å²) in [4.78, 5) is 11.3. The lowest BCUT2D eigenvalue weighted by atomic mass is 9.49. The molecule has 0 saturated carbocycles. The molecule has 1 aromatic rings. The molecule has 1 saturated heterocycles. The van der Waals surface area contributed by atoms with Gasteiger partial charge in [0, 0.05) is 10.8 Å². The van der Waals surface area contributed by atoms with Crippen LogP contribution >= 0.6 is 0 Å². The number of hydrogen-bond donors (Lipinski definition) is 2. The van der Waals surface area contributed by atoms with Gasteiger partial charge in [0.05, 0.1) is 13.2 Å². The molecule has 10 nitrogen and oxygen atoms in total. The third-order valence-corrected chi connectivity index (χ3v) is 6.93. The fraction of sp³-hybridized carbons (Fsp3) is 0.444. The summed E-state index contributed by atoms with van der Waals surface area (Å²) in [6.07, 6.45) is 6.17. The number of rotatable bonds is 8.